The smallest absolute Gasteiger partial charge is 0.254 e. The van der Waals surface area contributed by atoms with Crippen molar-refractivity contribution >= 4 is 0 Å². The minimum Gasteiger partial charge on any atom is -0.337 e. The standard InChI is InChI=1S/C10H11N3O2/c11-14-7-10-12-9(13-15-10)6-8-4-2-1-3-5-8/h1-5H,6-7,11H2. The van der Waals surface area contributed by atoms with Crippen molar-refractivity contribution in [1.29, 1.82) is 0 Å². The summed E-state index contributed by atoms with van der Waals surface area (Å²) in [6.07, 6.45) is 0.648. The molecule has 0 saturated carbocycles. The Balaban J connectivity index is 2.05. The fourth-order valence-electron chi connectivity index (χ4n) is 1.27. The van der Waals surface area contributed by atoms with Crippen molar-refractivity contribution in [3.63, 3.8) is 0 Å². The SMILES string of the molecule is NOCc1nc(Cc2ccccc2)no1. The van der Waals surface area contributed by atoms with Gasteiger partial charge in [0.05, 0.1) is 0 Å². The molecule has 0 aliphatic rings. The third-order valence-corrected chi connectivity index (χ3v) is 1.92. The van der Waals surface area contributed by atoms with Crippen molar-refractivity contribution in [3.05, 3.63) is 47.6 Å². The lowest BCUT2D eigenvalue weighted by Gasteiger charge is -1.93. The molecule has 0 bridgehead atoms. The topological polar surface area (TPSA) is 74.2 Å². The molecule has 1 aromatic carbocycles. The van der Waals surface area contributed by atoms with E-state index in [1.807, 2.05) is 30.3 Å². The third-order valence-electron chi connectivity index (χ3n) is 1.92. The van der Waals surface area contributed by atoms with Crippen LogP contribution in [0.5, 0.6) is 0 Å². The maximum Gasteiger partial charge on any atom is 0.254 e. The van der Waals surface area contributed by atoms with Gasteiger partial charge in [-0.05, 0) is 5.56 Å². The van der Waals surface area contributed by atoms with E-state index in [9.17, 15) is 0 Å². The van der Waals surface area contributed by atoms with E-state index in [1.165, 1.54) is 0 Å². The molecule has 2 rings (SSSR count). The van der Waals surface area contributed by atoms with Crippen LogP contribution in [0, 0.1) is 0 Å². The Morgan fingerprint density at radius 1 is 1.27 bits per heavy atom. The maximum absolute atomic E-state index is 4.91. The average molecular weight is 205 g/mol. The Labute approximate surface area is 86.8 Å². The summed E-state index contributed by atoms with van der Waals surface area (Å²) in [6, 6.07) is 9.93. The van der Waals surface area contributed by atoms with Gasteiger partial charge in [-0.1, -0.05) is 35.5 Å². The molecule has 0 aliphatic carbocycles. The second-order valence-corrected chi connectivity index (χ2v) is 3.08. The molecule has 0 amide bonds. The zero-order valence-electron chi connectivity index (χ0n) is 8.09. The van der Waals surface area contributed by atoms with Gasteiger partial charge in [0.25, 0.3) is 5.89 Å². The summed E-state index contributed by atoms with van der Waals surface area (Å²) in [7, 11) is 0. The first-order valence-electron chi connectivity index (χ1n) is 4.55. The van der Waals surface area contributed by atoms with Gasteiger partial charge in [-0.25, -0.2) is 5.90 Å². The van der Waals surface area contributed by atoms with E-state index in [1.54, 1.807) is 0 Å². The number of aromatic nitrogens is 2. The van der Waals surface area contributed by atoms with Crippen LogP contribution in [0.3, 0.4) is 0 Å². The summed E-state index contributed by atoms with van der Waals surface area (Å²) in [4.78, 5) is 8.51. The van der Waals surface area contributed by atoms with E-state index in [4.69, 9.17) is 10.4 Å². The monoisotopic (exact) mass is 205 g/mol. The van der Waals surface area contributed by atoms with Crippen molar-refractivity contribution in [1.82, 2.24) is 10.1 Å². The molecule has 1 heterocycles. The predicted molar refractivity (Wildman–Crippen MR) is 52.5 cm³/mol. The summed E-state index contributed by atoms with van der Waals surface area (Å²) in [5.74, 6) is 5.92. The Hall–Kier alpha value is -1.72. The molecule has 1 aromatic heterocycles. The fourth-order valence-corrected chi connectivity index (χ4v) is 1.27. The highest BCUT2D eigenvalue weighted by atomic mass is 16.6. The molecule has 2 aromatic rings. The summed E-state index contributed by atoms with van der Waals surface area (Å²) < 4.78 is 4.91. The Morgan fingerprint density at radius 2 is 2.07 bits per heavy atom. The van der Waals surface area contributed by atoms with Gasteiger partial charge in [0.1, 0.15) is 6.61 Å². The molecule has 0 radical (unpaired) electrons. The minimum absolute atomic E-state index is 0.141. The van der Waals surface area contributed by atoms with Crippen LogP contribution in [0.4, 0.5) is 0 Å². The first-order chi connectivity index (χ1) is 7.38. The number of nitrogens with zero attached hydrogens (tertiary/aromatic N) is 2. The van der Waals surface area contributed by atoms with Crippen LogP contribution in [0.2, 0.25) is 0 Å². The molecule has 0 spiro atoms. The van der Waals surface area contributed by atoms with Gasteiger partial charge in [0.2, 0.25) is 0 Å². The average Bonchev–Trinajstić information content (AvgIpc) is 2.68. The molecule has 5 heteroatoms. The Kier molecular flexibility index (Phi) is 3.06. The van der Waals surface area contributed by atoms with Crippen LogP contribution in [0.15, 0.2) is 34.9 Å². The highest BCUT2D eigenvalue weighted by Crippen LogP contribution is 2.06. The number of hydrogen-bond acceptors (Lipinski definition) is 5. The van der Waals surface area contributed by atoms with Crippen LogP contribution in [-0.2, 0) is 17.9 Å². The molecule has 15 heavy (non-hydrogen) atoms. The number of rotatable bonds is 4. The van der Waals surface area contributed by atoms with Gasteiger partial charge in [-0.2, -0.15) is 4.98 Å². The van der Waals surface area contributed by atoms with Crippen molar-refractivity contribution in [3.8, 4) is 0 Å². The number of hydrogen-bond donors (Lipinski definition) is 1. The normalized spacial score (nSPS) is 10.5. The lowest BCUT2D eigenvalue weighted by molar-refractivity contribution is 0.0995. The Bertz CT molecular complexity index is 414. The van der Waals surface area contributed by atoms with Gasteiger partial charge < -0.3 is 4.52 Å². The molecule has 0 atom stereocenters. The summed E-state index contributed by atoms with van der Waals surface area (Å²) in [5, 5.41) is 3.81. The number of nitrogens with two attached hydrogens (primary N) is 1. The summed E-state index contributed by atoms with van der Waals surface area (Å²) in [5.41, 5.74) is 1.14. The third kappa shape index (κ3) is 2.61. The second-order valence-electron chi connectivity index (χ2n) is 3.08. The molecule has 2 N–H and O–H groups in total. The van der Waals surface area contributed by atoms with E-state index < -0.39 is 0 Å². The minimum atomic E-state index is 0.141. The highest BCUT2D eigenvalue weighted by Gasteiger charge is 2.06. The largest absolute Gasteiger partial charge is 0.337 e. The van der Waals surface area contributed by atoms with Gasteiger partial charge in [0, 0.05) is 6.42 Å². The van der Waals surface area contributed by atoms with E-state index >= 15 is 0 Å². The summed E-state index contributed by atoms with van der Waals surface area (Å²) in [6.45, 7) is 0.141. The van der Waals surface area contributed by atoms with Gasteiger partial charge >= 0.3 is 0 Å². The maximum atomic E-state index is 4.91. The molecule has 0 aliphatic heterocycles. The van der Waals surface area contributed by atoms with Crippen LogP contribution in [0.25, 0.3) is 0 Å². The molecule has 0 saturated heterocycles. The first-order valence-corrected chi connectivity index (χ1v) is 4.55. The van der Waals surface area contributed by atoms with Gasteiger partial charge in [-0.15, -0.1) is 0 Å². The van der Waals surface area contributed by atoms with Crippen molar-refractivity contribution < 1.29 is 9.36 Å². The molecule has 78 valence electrons. The zero-order valence-corrected chi connectivity index (χ0v) is 8.09. The Morgan fingerprint density at radius 3 is 2.80 bits per heavy atom. The van der Waals surface area contributed by atoms with Crippen molar-refractivity contribution in [2.75, 3.05) is 0 Å². The van der Waals surface area contributed by atoms with Crippen LogP contribution >= 0.6 is 0 Å². The number of benzene rings is 1. The van der Waals surface area contributed by atoms with Gasteiger partial charge in [-0.3, -0.25) is 4.84 Å². The lowest BCUT2D eigenvalue weighted by Crippen LogP contribution is -1.99. The van der Waals surface area contributed by atoms with E-state index in [0.717, 1.165) is 5.56 Å². The van der Waals surface area contributed by atoms with Crippen LogP contribution in [0.1, 0.15) is 17.3 Å². The zero-order chi connectivity index (χ0) is 10.5. The predicted octanol–water partition coefficient (Wildman–Crippen LogP) is 1.05. The van der Waals surface area contributed by atoms with E-state index in [-0.39, 0.29) is 6.61 Å². The molecule has 0 unspecified atom stereocenters. The fraction of sp³-hybridized carbons (Fsp3) is 0.200. The van der Waals surface area contributed by atoms with Gasteiger partial charge in [0.15, 0.2) is 5.82 Å². The quantitative estimate of drug-likeness (QED) is 0.755. The van der Waals surface area contributed by atoms with Crippen LogP contribution in [-0.4, -0.2) is 10.1 Å². The van der Waals surface area contributed by atoms with Crippen molar-refractivity contribution in [2.45, 2.75) is 13.0 Å². The summed E-state index contributed by atoms with van der Waals surface area (Å²) >= 11 is 0. The first kappa shape index (κ1) is 9.82. The molecular weight excluding hydrogens is 194 g/mol. The highest BCUT2D eigenvalue weighted by molar-refractivity contribution is 5.18. The second kappa shape index (κ2) is 4.68. The van der Waals surface area contributed by atoms with Crippen LogP contribution < -0.4 is 5.90 Å². The molecule has 0 fully saturated rings. The molecule has 5 nitrogen and oxygen atoms in total. The van der Waals surface area contributed by atoms with Crippen molar-refractivity contribution in [2.24, 2.45) is 5.90 Å². The van der Waals surface area contributed by atoms with E-state index in [0.29, 0.717) is 18.1 Å². The lowest BCUT2D eigenvalue weighted by atomic mass is 10.1. The molecular formula is C10H11N3O2. The van der Waals surface area contributed by atoms with E-state index in [2.05, 4.69) is 15.0 Å².